The minimum Gasteiger partial charge on any atom is -1.00 e. The van der Waals surface area contributed by atoms with Gasteiger partial charge in [0.15, 0.2) is 0 Å². The number of para-hydroxylation sites is 1. The molecule has 4 heteroatoms. The van der Waals surface area contributed by atoms with Crippen molar-refractivity contribution in [1.82, 2.24) is 0 Å². The van der Waals surface area contributed by atoms with E-state index < -0.39 is 5.97 Å². The van der Waals surface area contributed by atoms with Gasteiger partial charge in [0.05, 0.1) is 6.61 Å². The predicted octanol–water partition coefficient (Wildman–Crippen LogP) is 3.97. The van der Waals surface area contributed by atoms with E-state index in [9.17, 15) is 4.79 Å². The van der Waals surface area contributed by atoms with E-state index in [1.54, 1.807) is 24.3 Å². The Kier molecular flexibility index (Phi) is 11.9. The molecule has 1 aromatic carbocycles. The van der Waals surface area contributed by atoms with Gasteiger partial charge in [-0.2, -0.15) is 0 Å². The first-order chi connectivity index (χ1) is 8.75. The minimum absolute atomic E-state index is 0. The molecule has 1 rings (SSSR count). The summed E-state index contributed by atoms with van der Waals surface area (Å²) < 4.78 is 5.52. The Morgan fingerprint density at radius 3 is 2.47 bits per heavy atom. The molecule has 0 aliphatic heterocycles. The predicted molar refractivity (Wildman–Crippen MR) is 80.3 cm³/mol. The zero-order chi connectivity index (χ0) is 13.2. The van der Waals surface area contributed by atoms with Gasteiger partial charge in [-0.05, 0) is 18.6 Å². The van der Waals surface area contributed by atoms with Gasteiger partial charge >= 0.3 is 54.9 Å². The van der Waals surface area contributed by atoms with Crippen LogP contribution in [0.3, 0.4) is 0 Å². The van der Waals surface area contributed by atoms with Gasteiger partial charge < -0.3 is 12.7 Å². The molecule has 19 heavy (non-hydrogen) atoms. The molecule has 0 radical (unpaired) electrons. The topological polar surface area (TPSA) is 46.5 Å². The fraction of sp³-hybridized carbons (Fsp3) is 0.533. The van der Waals surface area contributed by atoms with Gasteiger partial charge in [-0.25, -0.2) is 4.79 Å². The summed E-state index contributed by atoms with van der Waals surface area (Å²) in [7, 11) is 0. The summed E-state index contributed by atoms with van der Waals surface area (Å²) in [6, 6.07) is 6.78. The summed E-state index contributed by atoms with van der Waals surface area (Å²) in [5.41, 5.74) is 0.239. The zero-order valence-electron chi connectivity index (χ0n) is 13.7. The molecular formula is C15H24BaO3. The van der Waals surface area contributed by atoms with Crippen molar-refractivity contribution >= 4 is 54.9 Å². The number of hydrogen-bond acceptors (Lipinski definition) is 2. The zero-order valence-corrected chi connectivity index (χ0v) is 16.2. The van der Waals surface area contributed by atoms with Gasteiger partial charge in [-0.3, -0.25) is 0 Å². The molecule has 0 unspecified atom stereocenters. The average Bonchev–Trinajstić information content (AvgIpc) is 2.38. The van der Waals surface area contributed by atoms with Gasteiger partial charge in [0.1, 0.15) is 11.3 Å². The standard InChI is InChI=1S/C15H22O3.Ba.2H/c1-2-3-4-5-6-9-12-18-14-11-8-7-10-13(14)15(16)17;;;/h7-8,10-11H,2-6,9,12H2,1H3,(H,16,17);;;/q;+2;2*-1. The van der Waals surface area contributed by atoms with Gasteiger partial charge in [0, 0.05) is 0 Å². The number of carboxylic acid groups (broad SMARTS) is 1. The van der Waals surface area contributed by atoms with Gasteiger partial charge in [-0.15, -0.1) is 0 Å². The van der Waals surface area contributed by atoms with Crippen molar-refractivity contribution in [3.8, 4) is 5.75 Å². The Morgan fingerprint density at radius 1 is 1.16 bits per heavy atom. The Bertz CT molecular complexity index is 376. The molecule has 1 aromatic rings. The Hall–Kier alpha value is 0.0614. The molecule has 0 saturated carbocycles. The second-order valence-corrected chi connectivity index (χ2v) is 4.42. The maximum atomic E-state index is 10.9. The van der Waals surface area contributed by atoms with Crippen LogP contribution in [0.25, 0.3) is 0 Å². The molecule has 0 bridgehead atoms. The van der Waals surface area contributed by atoms with E-state index >= 15 is 0 Å². The fourth-order valence-corrected chi connectivity index (χ4v) is 1.83. The number of ether oxygens (including phenoxy) is 1. The van der Waals surface area contributed by atoms with Crippen LogP contribution in [-0.4, -0.2) is 66.6 Å². The summed E-state index contributed by atoms with van der Waals surface area (Å²) in [6.45, 7) is 2.79. The average molecular weight is 390 g/mol. The first-order valence-corrected chi connectivity index (χ1v) is 6.70. The molecule has 0 aliphatic rings. The van der Waals surface area contributed by atoms with Crippen LogP contribution in [0.2, 0.25) is 0 Å². The van der Waals surface area contributed by atoms with Crippen LogP contribution in [0, 0.1) is 0 Å². The number of hydrogen-bond donors (Lipinski definition) is 1. The van der Waals surface area contributed by atoms with Crippen molar-refractivity contribution < 1.29 is 17.5 Å². The molecule has 104 valence electrons. The second kappa shape index (κ2) is 11.9. The third-order valence-corrected chi connectivity index (χ3v) is 2.87. The molecule has 0 spiro atoms. The molecule has 0 fully saturated rings. The quantitative estimate of drug-likeness (QED) is 0.513. The fourth-order valence-electron chi connectivity index (χ4n) is 1.83. The molecule has 0 saturated heterocycles. The smallest absolute Gasteiger partial charge is 1.00 e. The summed E-state index contributed by atoms with van der Waals surface area (Å²) >= 11 is 0. The Balaban J connectivity index is -0.00000108. The largest absolute Gasteiger partial charge is 2.00 e. The van der Waals surface area contributed by atoms with E-state index in [1.165, 1.54) is 25.7 Å². The minimum atomic E-state index is -0.937. The SMILES string of the molecule is CCCCCCCCOc1ccccc1C(=O)O.[Ba+2].[H-].[H-]. The monoisotopic (exact) mass is 390 g/mol. The number of carbonyl (C=O) groups is 1. The van der Waals surface area contributed by atoms with Crippen LogP contribution in [0.1, 0.15) is 58.7 Å². The van der Waals surface area contributed by atoms with E-state index in [2.05, 4.69) is 6.92 Å². The first-order valence-electron chi connectivity index (χ1n) is 6.70. The number of unbranched alkanes of at least 4 members (excludes halogenated alkanes) is 5. The Labute approximate surface area is 158 Å². The molecule has 0 heterocycles. The van der Waals surface area contributed by atoms with E-state index in [4.69, 9.17) is 9.84 Å². The van der Waals surface area contributed by atoms with Crippen molar-refractivity contribution in [2.24, 2.45) is 0 Å². The first kappa shape index (κ1) is 19.1. The molecule has 3 nitrogen and oxygen atoms in total. The summed E-state index contributed by atoms with van der Waals surface area (Å²) in [5, 5.41) is 8.99. The molecule has 0 aromatic heterocycles. The van der Waals surface area contributed by atoms with Gasteiger partial charge in [0.25, 0.3) is 0 Å². The number of rotatable bonds is 9. The van der Waals surface area contributed by atoms with E-state index in [0.29, 0.717) is 12.4 Å². The van der Waals surface area contributed by atoms with E-state index in [-0.39, 0.29) is 57.3 Å². The van der Waals surface area contributed by atoms with Crippen molar-refractivity contribution in [3.63, 3.8) is 0 Å². The van der Waals surface area contributed by atoms with Crippen LogP contribution in [0.5, 0.6) is 5.75 Å². The van der Waals surface area contributed by atoms with Crippen LogP contribution >= 0.6 is 0 Å². The van der Waals surface area contributed by atoms with Gasteiger partial charge in [0.2, 0.25) is 0 Å². The molecule has 0 amide bonds. The van der Waals surface area contributed by atoms with Crippen LogP contribution in [0.4, 0.5) is 0 Å². The number of benzene rings is 1. The van der Waals surface area contributed by atoms with Crippen molar-refractivity contribution in [1.29, 1.82) is 0 Å². The normalized spacial score (nSPS) is 9.74. The van der Waals surface area contributed by atoms with Gasteiger partial charge in [-0.1, -0.05) is 51.2 Å². The van der Waals surface area contributed by atoms with Crippen molar-refractivity contribution in [2.75, 3.05) is 6.61 Å². The van der Waals surface area contributed by atoms with E-state index in [1.807, 2.05) is 0 Å². The molecular weight excluding hydrogens is 365 g/mol. The molecule has 1 N–H and O–H groups in total. The molecule has 0 atom stereocenters. The summed E-state index contributed by atoms with van der Waals surface area (Å²) in [5.74, 6) is -0.466. The summed E-state index contributed by atoms with van der Waals surface area (Å²) in [6.07, 6.45) is 7.19. The second-order valence-electron chi connectivity index (χ2n) is 4.42. The number of carboxylic acids is 1. The van der Waals surface area contributed by atoms with Crippen LogP contribution < -0.4 is 4.74 Å². The maximum absolute atomic E-state index is 10.9. The van der Waals surface area contributed by atoms with Crippen LogP contribution in [-0.2, 0) is 0 Å². The van der Waals surface area contributed by atoms with Crippen LogP contribution in [0.15, 0.2) is 24.3 Å². The van der Waals surface area contributed by atoms with E-state index in [0.717, 1.165) is 12.8 Å². The molecule has 0 aliphatic carbocycles. The third-order valence-electron chi connectivity index (χ3n) is 2.87. The number of aromatic carboxylic acids is 1. The van der Waals surface area contributed by atoms with Crippen molar-refractivity contribution in [2.45, 2.75) is 45.4 Å². The third kappa shape index (κ3) is 8.05. The maximum Gasteiger partial charge on any atom is 2.00 e. The Morgan fingerprint density at radius 2 is 1.79 bits per heavy atom. The van der Waals surface area contributed by atoms with Crippen molar-refractivity contribution in [3.05, 3.63) is 29.8 Å². The summed E-state index contributed by atoms with van der Waals surface area (Å²) in [4.78, 5) is 10.9.